The highest BCUT2D eigenvalue weighted by Crippen LogP contribution is 2.20. The van der Waals surface area contributed by atoms with Gasteiger partial charge in [0.25, 0.3) is 5.91 Å². The Kier molecular flexibility index (Phi) is 6.43. The first-order valence-corrected chi connectivity index (χ1v) is 9.18. The van der Waals surface area contributed by atoms with Gasteiger partial charge in [-0.1, -0.05) is 22.0 Å². The molecule has 0 radical (unpaired) electrons. The van der Waals surface area contributed by atoms with E-state index in [1.165, 1.54) is 6.33 Å². The number of hydrogen-bond donors (Lipinski definition) is 1. The number of nitrogens with one attached hydrogen (secondary N) is 1. The van der Waals surface area contributed by atoms with Crippen LogP contribution >= 0.6 is 15.9 Å². The molecule has 1 heterocycles. The Morgan fingerprint density at radius 1 is 1.22 bits per heavy atom. The minimum absolute atomic E-state index is 0.238. The van der Waals surface area contributed by atoms with Gasteiger partial charge in [-0.05, 0) is 43.3 Å². The van der Waals surface area contributed by atoms with E-state index in [2.05, 4.69) is 31.3 Å². The summed E-state index contributed by atoms with van der Waals surface area (Å²) < 4.78 is 14.0. The van der Waals surface area contributed by atoms with Gasteiger partial charge in [0, 0.05) is 16.2 Å². The Morgan fingerprint density at radius 2 is 2.04 bits per heavy atom. The summed E-state index contributed by atoms with van der Waals surface area (Å²) in [6.45, 7) is 2.74. The van der Waals surface area contributed by atoms with Crippen molar-refractivity contribution in [2.75, 3.05) is 11.9 Å². The quantitative estimate of drug-likeness (QED) is 0.591. The SMILES string of the molecule is CC(Oc1ccc(Br)cc1)C(=O)Nc1cccc(OCCn2cncn2)c1. The maximum atomic E-state index is 12.4. The van der Waals surface area contributed by atoms with Crippen molar-refractivity contribution in [3.8, 4) is 11.5 Å². The highest BCUT2D eigenvalue weighted by atomic mass is 79.9. The first-order valence-electron chi connectivity index (χ1n) is 8.38. The Morgan fingerprint density at radius 3 is 2.78 bits per heavy atom. The topological polar surface area (TPSA) is 78.3 Å². The Labute approximate surface area is 165 Å². The third kappa shape index (κ3) is 5.82. The Hall–Kier alpha value is -2.87. The number of hydrogen-bond acceptors (Lipinski definition) is 5. The molecule has 7 nitrogen and oxygen atoms in total. The zero-order chi connectivity index (χ0) is 19.1. The third-order valence-electron chi connectivity index (χ3n) is 3.65. The smallest absolute Gasteiger partial charge is 0.265 e. The predicted molar refractivity (Wildman–Crippen MR) is 105 cm³/mol. The number of ether oxygens (including phenoxy) is 2. The van der Waals surface area contributed by atoms with Gasteiger partial charge >= 0.3 is 0 Å². The van der Waals surface area contributed by atoms with Crippen LogP contribution in [0.2, 0.25) is 0 Å². The molecule has 1 unspecified atom stereocenters. The summed E-state index contributed by atoms with van der Waals surface area (Å²) in [4.78, 5) is 16.2. The summed E-state index contributed by atoms with van der Waals surface area (Å²) in [5.74, 6) is 1.05. The number of carbonyl (C=O) groups excluding carboxylic acids is 1. The van der Waals surface area contributed by atoms with Crippen LogP contribution in [0.1, 0.15) is 6.92 Å². The van der Waals surface area contributed by atoms with Crippen molar-refractivity contribution in [3.05, 3.63) is 65.7 Å². The fourth-order valence-electron chi connectivity index (χ4n) is 2.28. The van der Waals surface area contributed by atoms with E-state index < -0.39 is 6.10 Å². The van der Waals surface area contributed by atoms with Crippen LogP contribution in [-0.2, 0) is 11.3 Å². The first kappa shape index (κ1) is 18.9. The molecule has 27 heavy (non-hydrogen) atoms. The van der Waals surface area contributed by atoms with Crippen molar-refractivity contribution in [2.24, 2.45) is 0 Å². The van der Waals surface area contributed by atoms with Crippen LogP contribution in [0.15, 0.2) is 65.7 Å². The van der Waals surface area contributed by atoms with Crippen LogP contribution in [0, 0.1) is 0 Å². The molecule has 0 bridgehead atoms. The van der Waals surface area contributed by atoms with E-state index in [1.807, 2.05) is 24.3 Å². The first-order chi connectivity index (χ1) is 13.1. The second-order valence-electron chi connectivity index (χ2n) is 5.74. The summed E-state index contributed by atoms with van der Waals surface area (Å²) in [7, 11) is 0. The van der Waals surface area contributed by atoms with E-state index in [1.54, 1.807) is 42.2 Å². The van der Waals surface area contributed by atoms with Crippen molar-refractivity contribution in [1.29, 1.82) is 0 Å². The fourth-order valence-corrected chi connectivity index (χ4v) is 2.55. The van der Waals surface area contributed by atoms with E-state index in [4.69, 9.17) is 9.47 Å². The number of carbonyl (C=O) groups is 1. The van der Waals surface area contributed by atoms with Gasteiger partial charge in [-0.2, -0.15) is 5.10 Å². The summed E-state index contributed by atoms with van der Waals surface area (Å²) in [6.07, 6.45) is 2.48. The second-order valence-corrected chi connectivity index (χ2v) is 6.65. The molecular weight excluding hydrogens is 412 g/mol. The molecule has 0 saturated carbocycles. The van der Waals surface area contributed by atoms with Gasteiger partial charge in [0.15, 0.2) is 6.10 Å². The molecule has 1 N–H and O–H groups in total. The summed E-state index contributed by atoms with van der Waals surface area (Å²) >= 11 is 3.37. The molecular formula is C19H19BrN4O3. The molecule has 2 aromatic carbocycles. The van der Waals surface area contributed by atoms with Crippen LogP contribution in [0.4, 0.5) is 5.69 Å². The summed E-state index contributed by atoms with van der Waals surface area (Å²) in [6, 6.07) is 14.6. The molecule has 1 atom stereocenters. The molecule has 1 amide bonds. The fraction of sp³-hybridized carbons (Fsp3) is 0.211. The zero-order valence-electron chi connectivity index (χ0n) is 14.7. The Bertz CT molecular complexity index is 869. The summed E-state index contributed by atoms with van der Waals surface area (Å²) in [5.41, 5.74) is 0.643. The van der Waals surface area contributed by atoms with Crippen molar-refractivity contribution in [3.63, 3.8) is 0 Å². The average Bonchev–Trinajstić information content (AvgIpc) is 3.17. The highest BCUT2D eigenvalue weighted by Gasteiger charge is 2.15. The van der Waals surface area contributed by atoms with Gasteiger partial charge in [-0.3, -0.25) is 4.79 Å². The van der Waals surface area contributed by atoms with E-state index in [0.29, 0.717) is 30.3 Å². The molecule has 0 saturated heterocycles. The molecule has 0 fully saturated rings. The molecule has 0 aliphatic heterocycles. The lowest BCUT2D eigenvalue weighted by molar-refractivity contribution is -0.122. The molecule has 8 heteroatoms. The lowest BCUT2D eigenvalue weighted by atomic mass is 10.2. The number of halogens is 1. The van der Waals surface area contributed by atoms with Crippen LogP contribution in [-0.4, -0.2) is 33.4 Å². The van der Waals surface area contributed by atoms with Gasteiger partial charge in [0.1, 0.15) is 30.8 Å². The molecule has 0 aliphatic carbocycles. The number of rotatable bonds is 8. The van der Waals surface area contributed by atoms with Gasteiger partial charge in [0.2, 0.25) is 0 Å². The van der Waals surface area contributed by atoms with E-state index in [-0.39, 0.29) is 5.91 Å². The zero-order valence-corrected chi connectivity index (χ0v) is 16.3. The molecule has 3 aromatic rings. The monoisotopic (exact) mass is 430 g/mol. The van der Waals surface area contributed by atoms with Crippen LogP contribution in [0.3, 0.4) is 0 Å². The van der Waals surface area contributed by atoms with E-state index in [0.717, 1.165) is 4.47 Å². The highest BCUT2D eigenvalue weighted by molar-refractivity contribution is 9.10. The van der Waals surface area contributed by atoms with E-state index >= 15 is 0 Å². The molecule has 3 rings (SSSR count). The summed E-state index contributed by atoms with van der Waals surface area (Å²) in [5, 5.41) is 6.85. The van der Waals surface area contributed by atoms with Crippen molar-refractivity contribution >= 4 is 27.5 Å². The maximum Gasteiger partial charge on any atom is 0.265 e. The van der Waals surface area contributed by atoms with Gasteiger partial charge in [0.05, 0.1) is 6.54 Å². The Balaban J connectivity index is 1.51. The minimum atomic E-state index is -0.636. The van der Waals surface area contributed by atoms with Crippen molar-refractivity contribution in [2.45, 2.75) is 19.6 Å². The normalized spacial score (nSPS) is 11.6. The largest absolute Gasteiger partial charge is 0.492 e. The molecule has 1 aromatic heterocycles. The lowest BCUT2D eigenvalue weighted by Gasteiger charge is -2.15. The number of nitrogens with zero attached hydrogens (tertiary/aromatic N) is 3. The number of amides is 1. The minimum Gasteiger partial charge on any atom is -0.492 e. The molecule has 0 spiro atoms. The van der Waals surface area contributed by atoms with Crippen LogP contribution in [0.25, 0.3) is 0 Å². The van der Waals surface area contributed by atoms with Gasteiger partial charge in [-0.25, -0.2) is 9.67 Å². The maximum absolute atomic E-state index is 12.4. The lowest BCUT2D eigenvalue weighted by Crippen LogP contribution is -2.30. The van der Waals surface area contributed by atoms with Crippen molar-refractivity contribution in [1.82, 2.24) is 14.8 Å². The predicted octanol–water partition coefficient (Wildman–Crippen LogP) is 3.53. The van der Waals surface area contributed by atoms with Crippen LogP contribution in [0.5, 0.6) is 11.5 Å². The van der Waals surface area contributed by atoms with Crippen molar-refractivity contribution < 1.29 is 14.3 Å². The average molecular weight is 431 g/mol. The van der Waals surface area contributed by atoms with Crippen LogP contribution < -0.4 is 14.8 Å². The third-order valence-corrected chi connectivity index (χ3v) is 4.18. The van der Waals surface area contributed by atoms with E-state index in [9.17, 15) is 4.79 Å². The standard InChI is InChI=1S/C19H19BrN4O3/c1-14(27-17-7-5-15(20)6-8-17)19(25)23-16-3-2-4-18(11-16)26-10-9-24-13-21-12-22-24/h2-8,11-14H,9-10H2,1H3,(H,23,25). The second kappa shape index (κ2) is 9.18. The van der Waals surface area contributed by atoms with Gasteiger partial charge in [-0.15, -0.1) is 0 Å². The molecule has 140 valence electrons. The number of aromatic nitrogens is 3. The van der Waals surface area contributed by atoms with Gasteiger partial charge < -0.3 is 14.8 Å². The molecule has 0 aliphatic rings. The number of benzene rings is 2. The number of anilines is 1.